The number of rotatable bonds is 5. The molecule has 4 rings (SSSR count). The average molecular weight is 458 g/mol. The van der Waals surface area contributed by atoms with E-state index in [4.69, 9.17) is 38.0 Å². The largest absolute Gasteiger partial charge is 0.457 e. The minimum absolute atomic E-state index is 0.0136. The zero-order valence-corrected chi connectivity index (χ0v) is 16.9. The van der Waals surface area contributed by atoms with E-state index in [0.717, 1.165) is 6.07 Å². The number of halogens is 4. The van der Waals surface area contributed by atoms with E-state index < -0.39 is 17.5 Å². The Kier molecular flexibility index (Phi) is 5.58. The first kappa shape index (κ1) is 20.9. The van der Waals surface area contributed by atoms with E-state index in [1.165, 1.54) is 23.1 Å². The van der Waals surface area contributed by atoms with Gasteiger partial charge in [0, 0.05) is 10.6 Å². The molecule has 0 atom stereocenters. The number of hydrogen-bond acceptors (Lipinski definition) is 5. The molecule has 0 spiro atoms. The highest BCUT2D eigenvalue weighted by atomic mass is 35.5. The van der Waals surface area contributed by atoms with Crippen LogP contribution in [0.1, 0.15) is 11.1 Å². The fourth-order valence-corrected chi connectivity index (χ4v) is 3.48. The quantitative estimate of drug-likeness (QED) is 0.526. The molecule has 1 saturated heterocycles. The number of alkyl halides is 3. The predicted molar refractivity (Wildman–Crippen MR) is 104 cm³/mol. The van der Waals surface area contributed by atoms with E-state index in [0.29, 0.717) is 10.8 Å². The van der Waals surface area contributed by atoms with Crippen LogP contribution >= 0.6 is 23.8 Å². The third-order valence-electron chi connectivity index (χ3n) is 4.50. The summed E-state index contributed by atoms with van der Waals surface area (Å²) in [6.07, 6.45) is -3.33. The molecule has 1 fully saturated rings. The molecule has 2 heterocycles. The number of benzene rings is 2. The number of H-pyrrole nitrogens is 1. The van der Waals surface area contributed by atoms with Gasteiger partial charge in [-0.3, -0.25) is 9.78 Å². The topological polar surface area (TPSA) is 61.3 Å². The minimum Gasteiger partial charge on any atom is -0.457 e. The fraction of sp³-hybridized carbons (Fsp3) is 0.263. The molecule has 2 aromatic carbocycles. The Hall–Kier alpha value is -2.40. The first-order valence-corrected chi connectivity index (χ1v) is 9.59. The molecule has 1 N–H and O–H groups in total. The molecule has 1 aromatic heterocycles. The van der Waals surface area contributed by atoms with E-state index in [-0.39, 0.29) is 35.8 Å². The molecule has 0 amide bonds. The lowest BCUT2D eigenvalue weighted by Crippen LogP contribution is -2.35. The standard InChI is InChI=1S/C19H15ClF3N3O3S/c20-12-1-3-13(4-2-12)29-14-5-6-15(16(9-14)19(21,22)23)18(27-7-8-28-18)10-26-17(30)24-11-25-26/h1-6,9,11H,7-8,10H2,(H,24,25,30). The number of nitrogens with zero attached hydrogens (tertiary/aromatic N) is 2. The normalized spacial score (nSPS) is 16.0. The van der Waals surface area contributed by atoms with Crippen molar-refractivity contribution in [2.75, 3.05) is 13.2 Å². The molecule has 1 aliphatic heterocycles. The molecule has 0 saturated carbocycles. The van der Waals surface area contributed by atoms with Crippen LogP contribution in [0.5, 0.6) is 11.5 Å². The summed E-state index contributed by atoms with van der Waals surface area (Å²) < 4.78 is 60.4. The summed E-state index contributed by atoms with van der Waals surface area (Å²) in [6.45, 7) is 0.163. The van der Waals surface area contributed by atoms with Crippen LogP contribution in [-0.2, 0) is 28.0 Å². The third kappa shape index (κ3) is 4.22. The van der Waals surface area contributed by atoms with Gasteiger partial charge in [-0.2, -0.15) is 13.2 Å². The fourth-order valence-electron chi connectivity index (χ4n) is 3.18. The van der Waals surface area contributed by atoms with Crippen molar-refractivity contribution in [1.82, 2.24) is 14.8 Å². The van der Waals surface area contributed by atoms with Crippen molar-refractivity contribution in [3.05, 3.63) is 69.7 Å². The first-order chi connectivity index (χ1) is 14.3. The van der Waals surface area contributed by atoms with Gasteiger partial charge >= 0.3 is 6.18 Å². The minimum atomic E-state index is -4.67. The summed E-state index contributed by atoms with van der Waals surface area (Å²) in [5, 5.41) is 3.25. The lowest BCUT2D eigenvalue weighted by Gasteiger charge is -2.30. The summed E-state index contributed by atoms with van der Waals surface area (Å²) in [5.74, 6) is -1.30. The maximum absolute atomic E-state index is 14.0. The molecule has 1 aliphatic rings. The molecule has 0 aliphatic carbocycles. The third-order valence-corrected chi connectivity index (χ3v) is 5.07. The highest BCUT2D eigenvalue weighted by molar-refractivity contribution is 7.71. The summed E-state index contributed by atoms with van der Waals surface area (Å²) in [6, 6.07) is 9.93. The SMILES string of the molecule is FC(F)(F)c1cc(Oc2ccc(Cl)cc2)ccc1C1(Cn2[nH]cnc2=S)OCCO1. The number of aromatic nitrogens is 3. The Bertz CT molecular complexity index is 1090. The molecule has 158 valence electrons. The van der Waals surface area contributed by atoms with E-state index in [2.05, 4.69) is 10.1 Å². The van der Waals surface area contributed by atoms with Crippen molar-refractivity contribution in [1.29, 1.82) is 0 Å². The maximum Gasteiger partial charge on any atom is 0.417 e. The van der Waals surface area contributed by atoms with Crippen LogP contribution in [0.2, 0.25) is 5.02 Å². The molecule has 0 unspecified atom stereocenters. The maximum atomic E-state index is 14.0. The van der Waals surface area contributed by atoms with Crippen molar-refractivity contribution in [3.8, 4) is 11.5 Å². The van der Waals surface area contributed by atoms with Gasteiger partial charge in [0.25, 0.3) is 0 Å². The van der Waals surface area contributed by atoms with Gasteiger partial charge in [-0.25, -0.2) is 4.98 Å². The van der Waals surface area contributed by atoms with E-state index in [1.807, 2.05) is 0 Å². The van der Waals surface area contributed by atoms with Crippen LogP contribution in [0.15, 0.2) is 48.8 Å². The summed E-state index contributed by atoms with van der Waals surface area (Å²) in [5.41, 5.74) is -1.10. The number of aromatic amines is 1. The number of nitrogens with one attached hydrogen (secondary N) is 1. The van der Waals surface area contributed by atoms with Gasteiger partial charge in [-0.1, -0.05) is 11.6 Å². The highest BCUT2D eigenvalue weighted by Crippen LogP contribution is 2.43. The Balaban J connectivity index is 1.75. The molecule has 30 heavy (non-hydrogen) atoms. The van der Waals surface area contributed by atoms with Crippen LogP contribution in [0.3, 0.4) is 0 Å². The van der Waals surface area contributed by atoms with Gasteiger partial charge < -0.3 is 14.2 Å². The van der Waals surface area contributed by atoms with Gasteiger partial charge in [0.15, 0.2) is 0 Å². The van der Waals surface area contributed by atoms with Crippen molar-refractivity contribution in [2.45, 2.75) is 18.5 Å². The van der Waals surface area contributed by atoms with Gasteiger partial charge in [0.1, 0.15) is 24.4 Å². The average Bonchev–Trinajstić information content (AvgIpc) is 3.33. The van der Waals surface area contributed by atoms with Crippen LogP contribution < -0.4 is 4.74 Å². The Morgan fingerprint density at radius 2 is 1.80 bits per heavy atom. The molecule has 0 radical (unpaired) electrons. The summed E-state index contributed by atoms with van der Waals surface area (Å²) in [4.78, 5) is 3.88. The monoisotopic (exact) mass is 457 g/mol. The second-order valence-corrected chi connectivity index (χ2v) is 7.27. The molecule has 3 aromatic rings. The second-order valence-electron chi connectivity index (χ2n) is 6.47. The van der Waals surface area contributed by atoms with E-state index in [1.54, 1.807) is 24.3 Å². The number of ether oxygens (including phenoxy) is 3. The summed E-state index contributed by atoms with van der Waals surface area (Å²) in [7, 11) is 0. The van der Waals surface area contributed by atoms with Crippen molar-refractivity contribution in [3.63, 3.8) is 0 Å². The highest BCUT2D eigenvalue weighted by Gasteiger charge is 2.46. The zero-order chi connectivity index (χ0) is 21.4. The van der Waals surface area contributed by atoms with Crippen LogP contribution in [0, 0.1) is 4.77 Å². The van der Waals surface area contributed by atoms with E-state index >= 15 is 0 Å². The predicted octanol–water partition coefficient (Wildman–Crippen LogP) is 5.30. The Morgan fingerprint density at radius 1 is 1.13 bits per heavy atom. The van der Waals surface area contributed by atoms with Crippen LogP contribution in [0.4, 0.5) is 13.2 Å². The molecular formula is C19H15ClF3N3O3S. The molecule has 6 nitrogen and oxygen atoms in total. The van der Waals surface area contributed by atoms with Crippen molar-refractivity contribution in [2.24, 2.45) is 0 Å². The second kappa shape index (κ2) is 8.03. The Morgan fingerprint density at radius 3 is 2.40 bits per heavy atom. The lowest BCUT2D eigenvalue weighted by atomic mass is 9.98. The lowest BCUT2D eigenvalue weighted by molar-refractivity contribution is -0.187. The summed E-state index contributed by atoms with van der Waals surface area (Å²) >= 11 is 10.9. The Labute approximate surface area is 179 Å². The molecule has 11 heteroatoms. The van der Waals surface area contributed by atoms with Crippen molar-refractivity contribution >= 4 is 23.8 Å². The number of hydrogen-bond donors (Lipinski definition) is 1. The van der Waals surface area contributed by atoms with E-state index in [9.17, 15) is 13.2 Å². The zero-order valence-electron chi connectivity index (χ0n) is 15.3. The first-order valence-electron chi connectivity index (χ1n) is 8.80. The molecule has 0 bridgehead atoms. The van der Waals surface area contributed by atoms with Gasteiger partial charge in [-0.05, 0) is 54.7 Å². The van der Waals surface area contributed by atoms with Crippen LogP contribution in [0.25, 0.3) is 0 Å². The molecular weight excluding hydrogens is 443 g/mol. The van der Waals surface area contributed by atoms with Gasteiger partial charge in [0.2, 0.25) is 10.6 Å². The van der Waals surface area contributed by atoms with Gasteiger partial charge in [0.05, 0.1) is 18.8 Å². The smallest absolute Gasteiger partial charge is 0.417 e. The van der Waals surface area contributed by atoms with Crippen molar-refractivity contribution < 1.29 is 27.4 Å². The van der Waals surface area contributed by atoms with Crippen LogP contribution in [-0.4, -0.2) is 28.0 Å². The van der Waals surface area contributed by atoms with Gasteiger partial charge in [-0.15, -0.1) is 0 Å².